The van der Waals surface area contributed by atoms with Crippen molar-refractivity contribution in [1.82, 2.24) is 0 Å². The minimum atomic E-state index is -1.65. The molecular weight excluding hydrogens is 355 g/mol. The van der Waals surface area contributed by atoms with Gasteiger partial charge in [-0.15, -0.1) is 0 Å². The summed E-state index contributed by atoms with van der Waals surface area (Å²) in [4.78, 5) is 21.0. The van der Waals surface area contributed by atoms with Crippen LogP contribution in [0.3, 0.4) is 0 Å². The summed E-state index contributed by atoms with van der Waals surface area (Å²) in [5.41, 5.74) is 17.2. The first kappa shape index (κ1) is 25.2. The van der Waals surface area contributed by atoms with Crippen LogP contribution < -0.4 is 44.0 Å². The monoisotopic (exact) mass is 370 g/mol. The summed E-state index contributed by atoms with van der Waals surface area (Å²) < 4.78 is 0. The highest BCUT2D eigenvalue weighted by atomic mass is 35.5. The van der Waals surface area contributed by atoms with E-state index in [1.165, 1.54) is 0 Å². The Balaban J connectivity index is -0.000000374. The number of nitrogens with two attached hydrogens (primary N) is 6. The fraction of sp³-hybridized carbons (Fsp3) is 0. The van der Waals surface area contributed by atoms with Gasteiger partial charge in [0.2, 0.25) is 0 Å². The lowest BCUT2D eigenvalue weighted by molar-refractivity contribution is -0.259. The minimum absolute atomic E-state index is 0. The first-order valence-electron chi connectivity index (χ1n) is 5.08. The molecule has 0 atom stereocenters. The van der Waals surface area contributed by atoms with Gasteiger partial charge in [0.25, 0.3) is 0 Å². The first-order chi connectivity index (χ1) is 9.89. The maximum absolute atomic E-state index is 10.5. The third-order valence-electron chi connectivity index (χ3n) is 1.50. The average molecular weight is 371 g/mol. The molecular formula is C10H16Cl2N6O5. The molecule has 1 aromatic carbocycles. The molecule has 0 aromatic heterocycles. The van der Waals surface area contributed by atoms with E-state index in [2.05, 4.69) is 33.8 Å². The van der Waals surface area contributed by atoms with Crippen molar-refractivity contribution in [3.8, 4) is 0 Å². The third-order valence-corrected chi connectivity index (χ3v) is 2.22. The number of carbonyl (C=O) groups excluding carboxylic acids is 2. The molecule has 13 heteroatoms. The highest BCUT2D eigenvalue weighted by Gasteiger charge is 2.08. The van der Waals surface area contributed by atoms with Gasteiger partial charge in [0.15, 0.2) is 0 Å². The number of carboxylic acids is 2. The van der Waals surface area contributed by atoms with Crippen LogP contribution in [0, 0.1) is 0 Å². The predicted molar refractivity (Wildman–Crippen MR) is 79.4 cm³/mol. The van der Waals surface area contributed by atoms with Crippen molar-refractivity contribution in [3.05, 3.63) is 33.3 Å². The fourth-order valence-electron chi connectivity index (χ4n) is 0.885. The molecule has 0 saturated carbocycles. The Morgan fingerprint density at radius 3 is 1.13 bits per heavy atom. The second-order valence-corrected chi connectivity index (χ2v) is 4.20. The van der Waals surface area contributed by atoms with E-state index in [4.69, 9.17) is 23.2 Å². The summed E-state index contributed by atoms with van der Waals surface area (Å²) >= 11 is 11.0. The van der Waals surface area contributed by atoms with Crippen LogP contribution in [0.25, 0.3) is 0 Å². The molecule has 0 aliphatic rings. The van der Waals surface area contributed by atoms with Gasteiger partial charge in [0.05, 0.1) is 22.0 Å². The van der Waals surface area contributed by atoms with Crippen LogP contribution in [0.1, 0.15) is 20.7 Å². The van der Waals surface area contributed by atoms with Crippen LogP contribution >= 0.6 is 23.2 Å². The van der Waals surface area contributed by atoms with Gasteiger partial charge in [0, 0.05) is 11.1 Å². The van der Waals surface area contributed by atoms with Gasteiger partial charge >= 0.3 is 11.9 Å². The molecule has 130 valence electrons. The number of aromatic carboxylic acids is 2. The van der Waals surface area contributed by atoms with E-state index in [9.17, 15) is 19.8 Å². The number of rotatable bonds is 2. The number of carbonyl (C=O) groups is 2. The highest BCUT2D eigenvalue weighted by molar-refractivity contribution is 6.42. The standard InChI is InChI=1S/C8H4Cl2O4.2CH5N3.H2O/c9-5-1-3(7(11)12)4(8(13)14)2-6(5)10;2*2-1(3)4;/h1-2H,(H,11,12)(H,13,14);2*(H5,2,3,4);1H2. The molecule has 0 unspecified atom stereocenters. The molecule has 0 saturated heterocycles. The van der Waals surface area contributed by atoms with Gasteiger partial charge in [-0.05, 0) is 12.1 Å². The molecule has 1 rings (SSSR count). The maximum atomic E-state index is 10.5. The number of halogens is 2. The lowest BCUT2D eigenvalue weighted by Gasteiger charge is -2.12. The van der Waals surface area contributed by atoms with Crippen molar-refractivity contribution in [1.29, 1.82) is 0 Å². The number of hydrogen-bond donors (Lipinski definition) is 6. The molecule has 14 N–H and O–H groups in total. The van der Waals surface area contributed by atoms with Gasteiger partial charge < -0.3 is 25.3 Å². The molecule has 0 amide bonds. The van der Waals surface area contributed by atoms with E-state index in [1.54, 1.807) is 0 Å². The number of guanidine groups is 2. The van der Waals surface area contributed by atoms with Crippen LogP contribution in [0.5, 0.6) is 0 Å². The van der Waals surface area contributed by atoms with E-state index in [0.29, 0.717) is 0 Å². The molecule has 11 nitrogen and oxygen atoms in total. The van der Waals surface area contributed by atoms with Crippen LogP contribution in [-0.2, 0) is 0 Å². The van der Waals surface area contributed by atoms with E-state index >= 15 is 0 Å². The van der Waals surface area contributed by atoms with Crippen molar-refractivity contribution in [2.24, 2.45) is 22.9 Å². The van der Waals surface area contributed by atoms with Crippen molar-refractivity contribution in [2.45, 2.75) is 0 Å². The molecule has 1 aromatic rings. The van der Waals surface area contributed by atoms with Gasteiger partial charge in [-0.1, -0.05) is 23.2 Å². The summed E-state index contributed by atoms with van der Waals surface area (Å²) in [6.07, 6.45) is 0. The second kappa shape index (κ2) is 11.9. The maximum Gasteiger partial charge on any atom is 0.336 e. The molecule has 23 heavy (non-hydrogen) atoms. The Morgan fingerprint density at radius 1 is 0.826 bits per heavy atom. The van der Waals surface area contributed by atoms with E-state index < -0.39 is 23.1 Å². The van der Waals surface area contributed by atoms with Crippen LogP contribution in [0.2, 0.25) is 10.0 Å². The zero-order chi connectivity index (χ0) is 18.0. The lowest BCUT2D eigenvalue weighted by Crippen LogP contribution is -2.51. The van der Waals surface area contributed by atoms with E-state index in [-0.39, 0.29) is 27.4 Å². The van der Waals surface area contributed by atoms with E-state index in [0.717, 1.165) is 12.1 Å². The molecule has 0 radical (unpaired) electrons. The summed E-state index contributed by atoms with van der Waals surface area (Å²) in [5.74, 6) is -3.47. The Morgan fingerprint density at radius 2 is 1.00 bits per heavy atom. The van der Waals surface area contributed by atoms with Crippen LogP contribution in [0.4, 0.5) is 0 Å². The quantitative estimate of drug-likeness (QED) is 0.214. The highest BCUT2D eigenvalue weighted by Crippen LogP contribution is 2.25. The summed E-state index contributed by atoms with van der Waals surface area (Å²) in [7, 11) is 0. The number of benzene rings is 1. The predicted octanol–water partition coefficient (Wildman–Crippen LogP) is -7.07. The number of hydrogen-bond acceptors (Lipinski definition) is 4. The SMILES string of the molecule is NC(N)=[NH2+].NC(N)=[NH2+].O.O=C([O-])c1cc(Cl)c(Cl)cc1C(=O)[O-]. The number of carboxylic acid groups (broad SMARTS) is 2. The molecule has 0 spiro atoms. The Bertz CT molecular complexity index is 536. The van der Waals surface area contributed by atoms with Crippen LogP contribution in [0.15, 0.2) is 12.1 Å². The molecule has 0 aliphatic heterocycles. The zero-order valence-corrected chi connectivity index (χ0v) is 13.0. The average Bonchev–Trinajstić information content (AvgIpc) is 2.30. The van der Waals surface area contributed by atoms with Gasteiger partial charge in [0.1, 0.15) is 0 Å². The molecule has 0 heterocycles. The van der Waals surface area contributed by atoms with E-state index in [1.807, 2.05) is 0 Å². The summed E-state index contributed by atoms with van der Waals surface area (Å²) in [5, 5.41) is 30.0. The van der Waals surface area contributed by atoms with Gasteiger partial charge in [-0.3, -0.25) is 33.8 Å². The topological polar surface area (TPSA) is 267 Å². The smallest absolute Gasteiger partial charge is 0.336 e. The summed E-state index contributed by atoms with van der Waals surface area (Å²) in [6, 6.07) is 1.81. The first-order valence-corrected chi connectivity index (χ1v) is 5.84. The second-order valence-electron chi connectivity index (χ2n) is 3.39. The Labute approximate surface area is 140 Å². The van der Waals surface area contributed by atoms with Crippen molar-refractivity contribution >= 4 is 47.1 Å². The fourth-order valence-corrected chi connectivity index (χ4v) is 1.21. The molecule has 0 bridgehead atoms. The van der Waals surface area contributed by atoms with Gasteiger partial charge in [-0.25, -0.2) is 0 Å². The largest absolute Gasteiger partial charge is 0.545 e. The zero-order valence-electron chi connectivity index (χ0n) is 11.5. The van der Waals surface area contributed by atoms with Crippen molar-refractivity contribution < 1.29 is 36.1 Å². The normalized spacial score (nSPS) is 8.09. The third kappa shape index (κ3) is 12.7. The van der Waals surface area contributed by atoms with Gasteiger partial charge in [-0.2, -0.15) is 0 Å². The molecule has 0 fully saturated rings. The van der Waals surface area contributed by atoms with Crippen molar-refractivity contribution in [2.75, 3.05) is 0 Å². The Hall–Kier alpha value is -2.76. The molecule has 0 aliphatic carbocycles. The lowest BCUT2D eigenvalue weighted by atomic mass is 10.1. The van der Waals surface area contributed by atoms with Crippen LogP contribution in [-0.4, -0.2) is 29.3 Å². The summed E-state index contributed by atoms with van der Waals surface area (Å²) in [6.45, 7) is 0. The Kier molecular flexibility index (Phi) is 13.0. The van der Waals surface area contributed by atoms with Crippen molar-refractivity contribution in [3.63, 3.8) is 0 Å². The minimum Gasteiger partial charge on any atom is -0.545 e.